The van der Waals surface area contributed by atoms with Gasteiger partial charge in [0.25, 0.3) is 5.56 Å². The number of nitrogens with one attached hydrogen (secondary N) is 1. The number of aryl methyl sites for hydroxylation is 2. The maximum atomic E-state index is 13.6. The predicted octanol–water partition coefficient (Wildman–Crippen LogP) is 3.12. The minimum Gasteiger partial charge on any atom is -0.383 e. The summed E-state index contributed by atoms with van der Waals surface area (Å²) >= 11 is 2.81. The Bertz CT molecular complexity index is 1510. The molecule has 0 spiro atoms. The van der Waals surface area contributed by atoms with E-state index in [0.717, 1.165) is 36.1 Å². The summed E-state index contributed by atoms with van der Waals surface area (Å²) in [4.78, 5) is 33.6. The number of carbonyl (C=O) groups excluding carboxylic acids is 1. The number of amides is 1. The van der Waals surface area contributed by atoms with Crippen LogP contribution >= 0.6 is 23.1 Å². The van der Waals surface area contributed by atoms with Crippen LogP contribution in [0, 0.1) is 0 Å². The van der Waals surface area contributed by atoms with Gasteiger partial charge in [0.2, 0.25) is 15.9 Å². The van der Waals surface area contributed by atoms with E-state index >= 15 is 0 Å². The van der Waals surface area contributed by atoms with Crippen LogP contribution in [0.5, 0.6) is 0 Å². The minimum atomic E-state index is -3.61. The molecule has 10 nitrogen and oxygen atoms in total. The van der Waals surface area contributed by atoms with Crippen molar-refractivity contribution < 1.29 is 22.7 Å². The number of thiophene rings is 1. The van der Waals surface area contributed by atoms with Crippen molar-refractivity contribution in [3.05, 3.63) is 45.1 Å². The van der Waals surface area contributed by atoms with Crippen molar-refractivity contribution in [2.24, 2.45) is 0 Å². The van der Waals surface area contributed by atoms with Crippen LogP contribution in [0.25, 0.3) is 10.2 Å². The van der Waals surface area contributed by atoms with Crippen molar-refractivity contribution in [2.45, 2.75) is 54.5 Å². The highest BCUT2D eigenvalue weighted by atomic mass is 32.2. The third-order valence-electron chi connectivity index (χ3n) is 6.94. The maximum absolute atomic E-state index is 13.6. The number of aromatic nitrogens is 2. The monoisotopic (exact) mass is 592 g/mol. The van der Waals surface area contributed by atoms with Crippen molar-refractivity contribution in [1.29, 1.82) is 0 Å². The fraction of sp³-hybridized carbons (Fsp3) is 0.500. The lowest BCUT2D eigenvalue weighted by molar-refractivity contribution is -0.115. The summed E-state index contributed by atoms with van der Waals surface area (Å²) in [6.07, 6.45) is 4.07. The van der Waals surface area contributed by atoms with Crippen molar-refractivity contribution in [3.8, 4) is 0 Å². The van der Waals surface area contributed by atoms with E-state index in [2.05, 4.69) is 5.32 Å². The number of ether oxygens (including phenoxy) is 2. The second kappa shape index (κ2) is 12.1. The lowest BCUT2D eigenvalue weighted by Crippen LogP contribution is -2.40. The first-order valence-corrected chi connectivity index (χ1v) is 16.1. The van der Waals surface area contributed by atoms with E-state index in [-0.39, 0.29) is 16.4 Å². The van der Waals surface area contributed by atoms with Gasteiger partial charge in [0, 0.05) is 30.8 Å². The number of nitrogens with zero attached hydrogens (tertiary/aromatic N) is 3. The van der Waals surface area contributed by atoms with Crippen LogP contribution in [0.2, 0.25) is 0 Å². The first-order chi connectivity index (χ1) is 18.8. The number of rotatable bonds is 9. The largest absolute Gasteiger partial charge is 0.383 e. The Morgan fingerprint density at radius 3 is 2.64 bits per heavy atom. The molecule has 3 heterocycles. The standard InChI is InChI=1S/C26H32N4O6S3/c1-17(23(31)27-18-7-9-19(10-8-18)39(33,34)29-11-15-36-16-12-29)37-26-28-24-22(25(32)30(26)13-14-35-2)20-5-3-4-6-21(20)38-24/h7-10,17H,3-6,11-16H2,1-2H3,(H,27,31)/t17-/m1/s1. The van der Waals surface area contributed by atoms with E-state index in [1.54, 1.807) is 42.1 Å². The normalized spacial score (nSPS) is 17.2. The fourth-order valence-electron chi connectivity index (χ4n) is 4.79. The molecule has 2 aromatic heterocycles. The minimum absolute atomic E-state index is 0.0800. The van der Waals surface area contributed by atoms with Crippen LogP contribution in [-0.4, -0.2) is 73.5 Å². The third kappa shape index (κ3) is 5.93. The van der Waals surface area contributed by atoms with Gasteiger partial charge < -0.3 is 14.8 Å². The molecule has 5 rings (SSSR count). The zero-order valence-corrected chi connectivity index (χ0v) is 24.4. The van der Waals surface area contributed by atoms with Gasteiger partial charge in [-0.05, 0) is 62.4 Å². The topological polar surface area (TPSA) is 120 Å². The zero-order chi connectivity index (χ0) is 27.6. The van der Waals surface area contributed by atoms with E-state index in [0.29, 0.717) is 55.7 Å². The number of fused-ring (bicyclic) bond motifs is 3. The predicted molar refractivity (Wildman–Crippen MR) is 152 cm³/mol. The maximum Gasteiger partial charge on any atom is 0.263 e. The van der Waals surface area contributed by atoms with Gasteiger partial charge in [-0.25, -0.2) is 13.4 Å². The molecular formula is C26H32N4O6S3. The molecule has 210 valence electrons. The van der Waals surface area contributed by atoms with Crippen LogP contribution in [0.1, 0.15) is 30.2 Å². The second-order valence-corrected chi connectivity index (χ2v) is 13.9. The molecule has 1 atom stereocenters. The summed E-state index contributed by atoms with van der Waals surface area (Å²) in [7, 11) is -2.03. The lowest BCUT2D eigenvalue weighted by atomic mass is 9.97. The quantitative estimate of drug-likeness (QED) is 0.297. The molecule has 1 saturated heterocycles. The van der Waals surface area contributed by atoms with E-state index in [4.69, 9.17) is 14.5 Å². The van der Waals surface area contributed by atoms with Gasteiger partial charge in [-0.3, -0.25) is 14.2 Å². The first-order valence-electron chi connectivity index (χ1n) is 13.0. The molecule has 1 fully saturated rings. The van der Waals surface area contributed by atoms with Crippen LogP contribution in [0.15, 0.2) is 39.1 Å². The Morgan fingerprint density at radius 2 is 1.92 bits per heavy atom. The average molecular weight is 593 g/mol. The Morgan fingerprint density at radius 1 is 1.21 bits per heavy atom. The van der Waals surface area contributed by atoms with Gasteiger partial charge in [0.1, 0.15) is 4.83 Å². The average Bonchev–Trinajstić information content (AvgIpc) is 3.32. The smallest absolute Gasteiger partial charge is 0.263 e. The van der Waals surface area contributed by atoms with Crippen LogP contribution in [0.4, 0.5) is 5.69 Å². The molecule has 2 aliphatic rings. The fourth-order valence-corrected chi connectivity index (χ4v) is 8.44. The summed E-state index contributed by atoms with van der Waals surface area (Å²) in [6.45, 7) is 3.84. The molecular weight excluding hydrogens is 561 g/mol. The number of methoxy groups -OCH3 is 1. The summed E-state index contributed by atoms with van der Waals surface area (Å²) in [5.74, 6) is -0.276. The van der Waals surface area contributed by atoms with Crippen LogP contribution < -0.4 is 10.9 Å². The van der Waals surface area contributed by atoms with E-state index < -0.39 is 15.3 Å². The number of carbonyl (C=O) groups is 1. The Kier molecular flexibility index (Phi) is 8.74. The molecule has 0 saturated carbocycles. The number of sulfonamides is 1. The number of thioether (sulfide) groups is 1. The number of benzene rings is 1. The van der Waals surface area contributed by atoms with E-state index in [1.807, 2.05) is 0 Å². The molecule has 0 bridgehead atoms. The van der Waals surface area contributed by atoms with Crippen molar-refractivity contribution >= 4 is 54.9 Å². The van der Waals surface area contributed by atoms with Gasteiger partial charge in [-0.2, -0.15) is 4.31 Å². The van der Waals surface area contributed by atoms with Gasteiger partial charge in [0.05, 0.1) is 41.9 Å². The first kappa shape index (κ1) is 28.2. The molecule has 13 heteroatoms. The van der Waals surface area contributed by atoms with Gasteiger partial charge in [0.15, 0.2) is 5.16 Å². The van der Waals surface area contributed by atoms with Gasteiger partial charge >= 0.3 is 0 Å². The van der Waals surface area contributed by atoms with Gasteiger partial charge in [-0.15, -0.1) is 11.3 Å². The van der Waals surface area contributed by atoms with E-state index in [1.165, 1.54) is 33.1 Å². The molecule has 1 amide bonds. The molecule has 1 aromatic carbocycles. The molecule has 1 aliphatic heterocycles. The van der Waals surface area contributed by atoms with Crippen molar-refractivity contribution in [2.75, 3.05) is 45.3 Å². The third-order valence-corrected chi connectivity index (χ3v) is 11.1. The van der Waals surface area contributed by atoms with E-state index in [9.17, 15) is 18.0 Å². The Hall–Kier alpha value is -2.29. The molecule has 1 N–H and O–H groups in total. The summed E-state index contributed by atoms with van der Waals surface area (Å²) in [5.41, 5.74) is 1.54. The summed E-state index contributed by atoms with van der Waals surface area (Å²) < 4.78 is 39.2. The highest BCUT2D eigenvalue weighted by Crippen LogP contribution is 2.35. The van der Waals surface area contributed by atoms with Crippen molar-refractivity contribution in [1.82, 2.24) is 13.9 Å². The van der Waals surface area contributed by atoms with Crippen LogP contribution in [-0.2, 0) is 43.7 Å². The number of hydrogen-bond donors (Lipinski definition) is 1. The SMILES string of the molecule is COCCn1c(S[C@H](C)C(=O)Nc2ccc(S(=O)(=O)N3CCOCC3)cc2)nc2sc3c(c2c1=O)CCCC3. The molecule has 0 unspecified atom stereocenters. The number of morpholine rings is 1. The number of anilines is 1. The Labute approximate surface area is 235 Å². The second-order valence-electron chi connectivity index (χ2n) is 9.53. The molecule has 3 aromatic rings. The highest BCUT2D eigenvalue weighted by molar-refractivity contribution is 8.00. The molecule has 39 heavy (non-hydrogen) atoms. The molecule has 1 aliphatic carbocycles. The van der Waals surface area contributed by atoms with Gasteiger partial charge in [-0.1, -0.05) is 11.8 Å². The highest BCUT2D eigenvalue weighted by Gasteiger charge is 2.27. The number of hydrogen-bond acceptors (Lipinski definition) is 9. The lowest BCUT2D eigenvalue weighted by Gasteiger charge is -2.26. The molecule has 0 radical (unpaired) electrons. The van der Waals surface area contributed by atoms with Crippen molar-refractivity contribution in [3.63, 3.8) is 0 Å². The summed E-state index contributed by atoms with van der Waals surface area (Å²) in [5, 5.41) is 3.48. The summed E-state index contributed by atoms with van der Waals surface area (Å²) in [6, 6.07) is 6.15. The Balaban J connectivity index is 1.33. The van der Waals surface area contributed by atoms with Crippen LogP contribution in [0.3, 0.4) is 0 Å². The zero-order valence-electron chi connectivity index (χ0n) is 22.0.